The van der Waals surface area contributed by atoms with E-state index in [4.69, 9.17) is 10.5 Å². The summed E-state index contributed by atoms with van der Waals surface area (Å²) in [5, 5.41) is 1.01. The van der Waals surface area contributed by atoms with Gasteiger partial charge in [-0.05, 0) is 31.4 Å². The lowest BCUT2D eigenvalue weighted by molar-refractivity contribution is 0.301. The molecule has 0 saturated heterocycles. The van der Waals surface area contributed by atoms with Crippen LogP contribution in [0.5, 0.6) is 5.75 Å². The highest BCUT2D eigenvalue weighted by Gasteiger charge is 2.11. The molecular formula is C16H22N2OS. The van der Waals surface area contributed by atoms with Crippen LogP contribution in [-0.4, -0.2) is 4.98 Å². The Morgan fingerprint density at radius 1 is 1.25 bits per heavy atom. The second-order valence-electron chi connectivity index (χ2n) is 4.94. The van der Waals surface area contributed by atoms with Crippen LogP contribution in [0.1, 0.15) is 40.1 Å². The first-order valence-corrected chi connectivity index (χ1v) is 7.83. The van der Waals surface area contributed by atoms with Crippen molar-refractivity contribution in [2.75, 3.05) is 0 Å². The lowest BCUT2D eigenvalue weighted by Gasteiger charge is -2.10. The summed E-state index contributed by atoms with van der Waals surface area (Å²) >= 11 is 1.67. The number of nitrogens with two attached hydrogens (primary N) is 1. The first kappa shape index (κ1) is 15.0. The topological polar surface area (TPSA) is 48.1 Å². The number of hydrogen-bond donors (Lipinski definition) is 1. The van der Waals surface area contributed by atoms with Gasteiger partial charge in [-0.3, -0.25) is 0 Å². The summed E-state index contributed by atoms with van der Waals surface area (Å²) in [5.74, 6) is 0.967. The molecule has 0 spiro atoms. The number of aryl methyl sites for hydroxylation is 3. The maximum atomic E-state index is 5.95. The number of thiazole rings is 1. The monoisotopic (exact) mass is 290 g/mol. The smallest absolute Gasteiger partial charge is 0.140 e. The molecule has 1 aromatic carbocycles. The van der Waals surface area contributed by atoms with Crippen molar-refractivity contribution in [2.45, 2.75) is 46.8 Å². The highest BCUT2D eigenvalue weighted by atomic mass is 32.1. The van der Waals surface area contributed by atoms with Gasteiger partial charge in [0.25, 0.3) is 0 Å². The van der Waals surface area contributed by atoms with Crippen LogP contribution in [0.25, 0.3) is 0 Å². The van der Waals surface area contributed by atoms with Gasteiger partial charge < -0.3 is 10.5 Å². The molecule has 0 amide bonds. The maximum absolute atomic E-state index is 5.95. The number of para-hydroxylation sites is 1. The first-order chi connectivity index (χ1) is 9.65. The molecule has 0 atom stereocenters. The molecule has 2 aromatic rings. The molecule has 0 aliphatic rings. The fraction of sp³-hybridized carbons (Fsp3) is 0.438. The highest BCUT2D eigenvalue weighted by Crippen LogP contribution is 2.25. The molecule has 0 saturated carbocycles. The van der Waals surface area contributed by atoms with Crippen LogP contribution < -0.4 is 10.5 Å². The Bertz CT molecular complexity index is 558. The Labute approximate surface area is 124 Å². The van der Waals surface area contributed by atoms with Crippen LogP contribution in [0, 0.1) is 13.8 Å². The molecular weight excluding hydrogens is 268 g/mol. The van der Waals surface area contributed by atoms with Gasteiger partial charge in [-0.25, -0.2) is 4.98 Å². The van der Waals surface area contributed by atoms with Crippen molar-refractivity contribution in [1.29, 1.82) is 0 Å². The Kier molecular flexibility index (Phi) is 5.15. The molecule has 0 radical (unpaired) electrons. The molecule has 0 aliphatic heterocycles. The first-order valence-electron chi connectivity index (χ1n) is 7.02. The molecule has 20 heavy (non-hydrogen) atoms. The average molecular weight is 290 g/mol. The van der Waals surface area contributed by atoms with Crippen LogP contribution in [-0.2, 0) is 19.6 Å². The quantitative estimate of drug-likeness (QED) is 0.881. The van der Waals surface area contributed by atoms with Gasteiger partial charge in [0.15, 0.2) is 0 Å². The van der Waals surface area contributed by atoms with Gasteiger partial charge in [0, 0.05) is 11.4 Å². The summed E-state index contributed by atoms with van der Waals surface area (Å²) in [6, 6.07) is 6.18. The molecule has 4 heteroatoms. The third-order valence-corrected chi connectivity index (χ3v) is 4.34. The van der Waals surface area contributed by atoms with Crippen LogP contribution >= 0.6 is 11.3 Å². The lowest BCUT2D eigenvalue weighted by Crippen LogP contribution is -1.99. The van der Waals surface area contributed by atoms with Crippen molar-refractivity contribution in [3.05, 3.63) is 44.9 Å². The van der Waals surface area contributed by atoms with Crippen molar-refractivity contribution in [1.82, 2.24) is 4.98 Å². The van der Waals surface area contributed by atoms with E-state index in [1.165, 1.54) is 4.88 Å². The van der Waals surface area contributed by atoms with Crippen molar-refractivity contribution in [3.63, 3.8) is 0 Å². The molecule has 2 rings (SSSR count). The minimum atomic E-state index is 0.521. The van der Waals surface area contributed by atoms with Gasteiger partial charge in [0.1, 0.15) is 17.4 Å². The van der Waals surface area contributed by atoms with E-state index in [0.717, 1.165) is 40.4 Å². The molecule has 108 valence electrons. The van der Waals surface area contributed by atoms with E-state index >= 15 is 0 Å². The summed E-state index contributed by atoms with van der Waals surface area (Å²) in [4.78, 5) is 5.85. The average Bonchev–Trinajstić information content (AvgIpc) is 2.81. The molecule has 0 bridgehead atoms. The van der Waals surface area contributed by atoms with Crippen molar-refractivity contribution >= 4 is 11.3 Å². The predicted octanol–water partition coefficient (Wildman–Crippen LogP) is 3.75. The number of ether oxygens (including phenoxy) is 1. The summed E-state index contributed by atoms with van der Waals surface area (Å²) in [6.45, 7) is 7.38. The van der Waals surface area contributed by atoms with Crippen LogP contribution in [0.3, 0.4) is 0 Å². The van der Waals surface area contributed by atoms with Gasteiger partial charge in [0.05, 0.1) is 5.69 Å². The molecule has 2 N–H and O–H groups in total. The fourth-order valence-electron chi connectivity index (χ4n) is 2.25. The van der Waals surface area contributed by atoms with E-state index in [0.29, 0.717) is 13.2 Å². The fourth-order valence-corrected chi connectivity index (χ4v) is 3.16. The van der Waals surface area contributed by atoms with Gasteiger partial charge >= 0.3 is 0 Å². The predicted molar refractivity (Wildman–Crippen MR) is 84.2 cm³/mol. The van der Waals surface area contributed by atoms with Gasteiger partial charge in [0.2, 0.25) is 0 Å². The molecule has 0 aliphatic carbocycles. The zero-order valence-electron chi connectivity index (χ0n) is 12.4. The van der Waals surface area contributed by atoms with E-state index in [1.807, 2.05) is 6.07 Å². The SMILES string of the molecule is CCCc1nc(COc2c(C)cccc2C)sc1CN. The third kappa shape index (κ3) is 3.38. The number of hydrogen-bond acceptors (Lipinski definition) is 4. The Morgan fingerprint density at radius 3 is 2.55 bits per heavy atom. The zero-order valence-corrected chi connectivity index (χ0v) is 13.2. The zero-order chi connectivity index (χ0) is 14.5. The van der Waals surface area contributed by atoms with E-state index in [9.17, 15) is 0 Å². The maximum Gasteiger partial charge on any atom is 0.140 e. The van der Waals surface area contributed by atoms with Gasteiger partial charge in [-0.1, -0.05) is 31.5 Å². The number of aromatic nitrogens is 1. The lowest BCUT2D eigenvalue weighted by atomic mass is 10.1. The van der Waals surface area contributed by atoms with E-state index in [-0.39, 0.29) is 0 Å². The van der Waals surface area contributed by atoms with E-state index in [2.05, 4.69) is 37.9 Å². The minimum absolute atomic E-state index is 0.521. The second kappa shape index (κ2) is 6.86. The van der Waals surface area contributed by atoms with Crippen molar-refractivity contribution in [3.8, 4) is 5.75 Å². The van der Waals surface area contributed by atoms with E-state index < -0.39 is 0 Å². The van der Waals surface area contributed by atoms with Crippen LogP contribution in [0.15, 0.2) is 18.2 Å². The highest BCUT2D eigenvalue weighted by molar-refractivity contribution is 7.11. The Hall–Kier alpha value is -1.39. The van der Waals surface area contributed by atoms with Gasteiger partial charge in [-0.15, -0.1) is 11.3 Å². The standard InChI is InChI=1S/C16H22N2OS/c1-4-6-13-14(9-17)20-15(18-13)10-19-16-11(2)7-5-8-12(16)3/h5,7-8H,4,6,9-10,17H2,1-3H3. The summed E-state index contributed by atoms with van der Waals surface area (Å²) < 4.78 is 5.95. The summed E-state index contributed by atoms with van der Waals surface area (Å²) in [7, 11) is 0. The van der Waals surface area contributed by atoms with Gasteiger partial charge in [-0.2, -0.15) is 0 Å². The minimum Gasteiger partial charge on any atom is -0.486 e. The Balaban J connectivity index is 2.11. The number of nitrogens with zero attached hydrogens (tertiary/aromatic N) is 1. The molecule has 1 heterocycles. The molecule has 0 fully saturated rings. The molecule has 1 aromatic heterocycles. The largest absolute Gasteiger partial charge is 0.486 e. The molecule has 3 nitrogen and oxygen atoms in total. The molecule has 0 unspecified atom stereocenters. The summed E-state index contributed by atoms with van der Waals surface area (Å²) in [6.07, 6.45) is 2.08. The van der Waals surface area contributed by atoms with Crippen LogP contribution in [0.4, 0.5) is 0 Å². The number of rotatable bonds is 6. The van der Waals surface area contributed by atoms with Crippen LogP contribution in [0.2, 0.25) is 0 Å². The second-order valence-corrected chi connectivity index (χ2v) is 6.11. The van der Waals surface area contributed by atoms with E-state index in [1.54, 1.807) is 11.3 Å². The van der Waals surface area contributed by atoms with Crippen molar-refractivity contribution < 1.29 is 4.74 Å². The number of benzene rings is 1. The normalized spacial score (nSPS) is 10.8. The summed E-state index contributed by atoms with van der Waals surface area (Å²) in [5.41, 5.74) is 9.24. The van der Waals surface area contributed by atoms with Crippen molar-refractivity contribution in [2.24, 2.45) is 5.73 Å². The Morgan fingerprint density at radius 2 is 1.95 bits per heavy atom. The third-order valence-electron chi connectivity index (χ3n) is 3.24.